The van der Waals surface area contributed by atoms with Crippen molar-refractivity contribution in [3.05, 3.63) is 78.2 Å². The van der Waals surface area contributed by atoms with Gasteiger partial charge in [-0.25, -0.2) is 9.97 Å². The van der Waals surface area contributed by atoms with Crippen molar-refractivity contribution < 1.29 is 14.6 Å². The number of amides is 1. The average Bonchev–Trinajstić information content (AvgIpc) is 3.65. The van der Waals surface area contributed by atoms with E-state index in [0.717, 1.165) is 28.0 Å². The number of aliphatic hydroxyl groups excluding tert-OH is 1. The summed E-state index contributed by atoms with van der Waals surface area (Å²) in [5.41, 5.74) is 9.84. The van der Waals surface area contributed by atoms with Crippen molar-refractivity contribution in [2.24, 2.45) is 5.73 Å². The van der Waals surface area contributed by atoms with Gasteiger partial charge in [-0.2, -0.15) is 9.61 Å². The van der Waals surface area contributed by atoms with Gasteiger partial charge in [0.05, 0.1) is 37.3 Å². The van der Waals surface area contributed by atoms with Gasteiger partial charge in [0.1, 0.15) is 17.0 Å². The minimum absolute atomic E-state index is 0.0115. The molecule has 2 atom stereocenters. The predicted octanol–water partition coefficient (Wildman–Crippen LogP) is 2.80. The third-order valence-electron chi connectivity index (χ3n) is 6.89. The number of hydrogen-bond acceptors (Lipinski definition) is 7. The SMILES string of the molecule is CN(Cc1ccccc1)c1cc(-c2cn([C@H]3CO[C@@H](CO)C3)c3ncccc23)nc2c(C(N)=O)cnn12. The van der Waals surface area contributed by atoms with Crippen LogP contribution >= 0.6 is 0 Å². The highest BCUT2D eigenvalue weighted by molar-refractivity contribution is 6.00. The van der Waals surface area contributed by atoms with Gasteiger partial charge in [-0.05, 0) is 24.1 Å². The normalized spacial score (nSPS) is 17.6. The highest BCUT2D eigenvalue weighted by Crippen LogP contribution is 2.36. The summed E-state index contributed by atoms with van der Waals surface area (Å²) in [4.78, 5) is 23.8. The van der Waals surface area contributed by atoms with Crippen LogP contribution in [0.3, 0.4) is 0 Å². The van der Waals surface area contributed by atoms with E-state index in [1.165, 1.54) is 6.20 Å². The van der Waals surface area contributed by atoms with E-state index in [-0.39, 0.29) is 24.3 Å². The van der Waals surface area contributed by atoms with E-state index in [1.54, 1.807) is 10.7 Å². The van der Waals surface area contributed by atoms with E-state index in [9.17, 15) is 9.90 Å². The largest absolute Gasteiger partial charge is 0.394 e. The monoisotopic (exact) mass is 497 g/mol. The molecule has 0 aliphatic carbocycles. The first kappa shape index (κ1) is 23.1. The molecule has 1 aromatic carbocycles. The lowest BCUT2D eigenvalue weighted by molar-refractivity contribution is 0.0576. The van der Waals surface area contributed by atoms with E-state index < -0.39 is 5.91 Å². The minimum atomic E-state index is -0.585. The lowest BCUT2D eigenvalue weighted by Crippen LogP contribution is -2.20. The second kappa shape index (κ2) is 9.30. The Kier molecular flexibility index (Phi) is 5.82. The molecule has 1 aliphatic rings. The number of aromatic nitrogens is 5. The van der Waals surface area contributed by atoms with Crippen molar-refractivity contribution in [1.82, 2.24) is 24.1 Å². The first-order valence-corrected chi connectivity index (χ1v) is 12.2. The Labute approximate surface area is 212 Å². The van der Waals surface area contributed by atoms with E-state index in [4.69, 9.17) is 15.5 Å². The standard InChI is InChI=1S/C27H27N7O3/c1-32(13-17-6-3-2-4-7-17)24-11-23(31-27-21(25(28)36)12-30-34(24)27)22-14-33(18-10-19(15-35)37-16-18)26-20(22)8-5-9-29-26/h2-9,11-12,14,18-19,35H,10,13,15-16H2,1H3,(H2,28,36)/t18-,19-/m1/s1. The number of aliphatic hydroxyl groups is 1. The van der Waals surface area contributed by atoms with E-state index in [2.05, 4.69) is 31.7 Å². The number of primary amides is 1. The zero-order chi connectivity index (χ0) is 25.5. The third-order valence-corrected chi connectivity index (χ3v) is 6.89. The van der Waals surface area contributed by atoms with Gasteiger partial charge in [0.25, 0.3) is 5.91 Å². The molecule has 6 rings (SSSR count). The first-order valence-electron chi connectivity index (χ1n) is 12.2. The number of carbonyl (C=O) groups excluding carboxylic acids is 1. The summed E-state index contributed by atoms with van der Waals surface area (Å²) in [5, 5.41) is 14.9. The summed E-state index contributed by atoms with van der Waals surface area (Å²) >= 11 is 0. The summed E-state index contributed by atoms with van der Waals surface area (Å²) in [6.07, 6.45) is 5.77. The van der Waals surface area contributed by atoms with Gasteiger partial charge in [-0.3, -0.25) is 4.79 Å². The van der Waals surface area contributed by atoms with Crippen molar-refractivity contribution >= 4 is 28.4 Å². The maximum atomic E-state index is 12.2. The molecule has 0 spiro atoms. The predicted molar refractivity (Wildman–Crippen MR) is 139 cm³/mol. The molecule has 1 amide bonds. The number of ether oxygens (including phenoxy) is 1. The van der Waals surface area contributed by atoms with Crippen LogP contribution in [0.15, 0.2) is 67.1 Å². The fraction of sp³-hybridized carbons (Fsp3) is 0.259. The lowest BCUT2D eigenvalue weighted by Gasteiger charge is -2.21. The van der Waals surface area contributed by atoms with Crippen molar-refractivity contribution in [3.8, 4) is 11.3 Å². The van der Waals surface area contributed by atoms with Crippen LogP contribution in [-0.4, -0.2) is 61.5 Å². The Morgan fingerprint density at radius 3 is 2.81 bits per heavy atom. The third kappa shape index (κ3) is 4.09. The summed E-state index contributed by atoms with van der Waals surface area (Å²) in [6.45, 7) is 1.12. The Balaban J connectivity index is 1.51. The highest BCUT2D eigenvalue weighted by atomic mass is 16.5. The van der Waals surface area contributed by atoms with Crippen LogP contribution in [0.1, 0.15) is 28.4 Å². The molecule has 1 fully saturated rings. The molecule has 5 heterocycles. The molecule has 0 saturated carbocycles. The number of anilines is 1. The quantitative estimate of drug-likeness (QED) is 0.354. The number of fused-ring (bicyclic) bond motifs is 2. The topological polar surface area (TPSA) is 124 Å². The summed E-state index contributed by atoms with van der Waals surface area (Å²) in [5.74, 6) is 0.184. The van der Waals surface area contributed by atoms with E-state index in [1.807, 2.05) is 49.6 Å². The number of pyridine rings is 1. The molecule has 0 bridgehead atoms. The Bertz CT molecular complexity index is 1590. The molecule has 4 aromatic heterocycles. The molecule has 37 heavy (non-hydrogen) atoms. The van der Waals surface area contributed by atoms with E-state index in [0.29, 0.717) is 30.9 Å². The lowest BCUT2D eigenvalue weighted by atomic mass is 10.1. The van der Waals surface area contributed by atoms with Gasteiger partial charge in [0, 0.05) is 43.0 Å². The zero-order valence-corrected chi connectivity index (χ0v) is 20.4. The summed E-state index contributed by atoms with van der Waals surface area (Å²) < 4.78 is 9.50. The first-order chi connectivity index (χ1) is 18.0. The second-order valence-electron chi connectivity index (χ2n) is 9.35. The number of benzene rings is 1. The summed E-state index contributed by atoms with van der Waals surface area (Å²) in [7, 11) is 1.98. The number of carbonyl (C=O) groups is 1. The van der Waals surface area contributed by atoms with Crippen LogP contribution in [0.4, 0.5) is 5.82 Å². The maximum Gasteiger partial charge on any atom is 0.254 e. The van der Waals surface area contributed by atoms with Gasteiger partial charge in [0.15, 0.2) is 5.65 Å². The Morgan fingerprint density at radius 1 is 1.22 bits per heavy atom. The van der Waals surface area contributed by atoms with Gasteiger partial charge in [-0.1, -0.05) is 30.3 Å². The molecule has 1 saturated heterocycles. The number of nitrogens with two attached hydrogens (primary N) is 1. The zero-order valence-electron chi connectivity index (χ0n) is 20.4. The van der Waals surface area contributed by atoms with Crippen LogP contribution in [0, 0.1) is 0 Å². The van der Waals surface area contributed by atoms with Crippen LogP contribution < -0.4 is 10.6 Å². The molecule has 0 radical (unpaired) electrons. The maximum absolute atomic E-state index is 12.2. The smallest absolute Gasteiger partial charge is 0.254 e. The number of hydrogen-bond donors (Lipinski definition) is 2. The van der Waals surface area contributed by atoms with Crippen LogP contribution in [0.5, 0.6) is 0 Å². The number of rotatable bonds is 7. The van der Waals surface area contributed by atoms with Crippen molar-refractivity contribution in [1.29, 1.82) is 0 Å². The molecule has 0 unspecified atom stereocenters. The molecule has 5 aromatic rings. The minimum Gasteiger partial charge on any atom is -0.394 e. The molecular formula is C27H27N7O3. The average molecular weight is 498 g/mol. The van der Waals surface area contributed by atoms with Gasteiger partial charge in [0.2, 0.25) is 0 Å². The molecule has 10 nitrogen and oxygen atoms in total. The fourth-order valence-electron chi connectivity index (χ4n) is 5.04. The van der Waals surface area contributed by atoms with Crippen molar-refractivity contribution in [2.75, 3.05) is 25.2 Å². The van der Waals surface area contributed by atoms with Gasteiger partial charge in [-0.15, -0.1) is 0 Å². The molecule has 188 valence electrons. The molecule has 10 heteroatoms. The Morgan fingerprint density at radius 2 is 2.05 bits per heavy atom. The Hall–Kier alpha value is -4.28. The van der Waals surface area contributed by atoms with Gasteiger partial charge < -0.3 is 25.0 Å². The van der Waals surface area contributed by atoms with Crippen molar-refractivity contribution in [2.45, 2.75) is 25.1 Å². The highest BCUT2D eigenvalue weighted by Gasteiger charge is 2.29. The summed E-state index contributed by atoms with van der Waals surface area (Å²) in [6, 6.07) is 16.1. The molecular weight excluding hydrogens is 470 g/mol. The van der Waals surface area contributed by atoms with Crippen LogP contribution in [-0.2, 0) is 11.3 Å². The van der Waals surface area contributed by atoms with E-state index >= 15 is 0 Å². The second-order valence-corrected chi connectivity index (χ2v) is 9.35. The van der Waals surface area contributed by atoms with Gasteiger partial charge >= 0.3 is 0 Å². The fourth-order valence-corrected chi connectivity index (χ4v) is 5.04. The van der Waals surface area contributed by atoms with Crippen LogP contribution in [0.25, 0.3) is 27.9 Å². The molecule has 3 N–H and O–H groups in total. The molecule has 1 aliphatic heterocycles. The van der Waals surface area contributed by atoms with Crippen LogP contribution in [0.2, 0.25) is 0 Å². The van der Waals surface area contributed by atoms with Crippen molar-refractivity contribution in [3.63, 3.8) is 0 Å². The number of nitrogens with zero attached hydrogens (tertiary/aromatic N) is 6.